The van der Waals surface area contributed by atoms with Crippen LogP contribution < -0.4 is 5.32 Å². The molecule has 1 fully saturated rings. The van der Waals surface area contributed by atoms with Crippen molar-refractivity contribution in [1.29, 1.82) is 0 Å². The van der Waals surface area contributed by atoms with Gasteiger partial charge in [0.2, 0.25) is 0 Å². The lowest BCUT2D eigenvalue weighted by Crippen LogP contribution is -2.17. The van der Waals surface area contributed by atoms with E-state index in [1.54, 1.807) is 0 Å². The van der Waals surface area contributed by atoms with Gasteiger partial charge in [0.05, 0.1) is 11.8 Å². The summed E-state index contributed by atoms with van der Waals surface area (Å²) in [6.45, 7) is 1.57. The Kier molecular flexibility index (Phi) is 4.27. The van der Waals surface area contributed by atoms with Crippen LogP contribution in [0.15, 0.2) is 12.4 Å². The van der Waals surface area contributed by atoms with E-state index in [4.69, 9.17) is 0 Å². The molecule has 0 spiro atoms. The molecule has 1 aliphatic rings. The molecule has 1 aliphatic carbocycles. The summed E-state index contributed by atoms with van der Waals surface area (Å²) in [7, 11) is 0. The standard InChI is InChI=1S/C12H18F3N3/c13-12(14,15)10-8-17-18(9-10)7-3-1-2-6-16-11-4-5-11/h8-9,11,16H,1-7H2. The van der Waals surface area contributed by atoms with Crippen LogP contribution in [-0.2, 0) is 12.7 Å². The molecule has 0 aromatic carbocycles. The van der Waals surface area contributed by atoms with Gasteiger partial charge in [0.15, 0.2) is 0 Å². The molecular weight excluding hydrogens is 243 g/mol. The molecule has 1 aromatic heterocycles. The topological polar surface area (TPSA) is 29.9 Å². The number of unbranched alkanes of at least 4 members (excludes halogenated alkanes) is 2. The predicted octanol–water partition coefficient (Wildman–Crippen LogP) is 2.82. The molecule has 0 amide bonds. The van der Waals surface area contributed by atoms with Crippen molar-refractivity contribution in [3.8, 4) is 0 Å². The molecule has 0 radical (unpaired) electrons. The number of aromatic nitrogens is 2. The first kappa shape index (κ1) is 13.4. The van der Waals surface area contributed by atoms with Gasteiger partial charge in [0, 0.05) is 18.8 Å². The van der Waals surface area contributed by atoms with E-state index < -0.39 is 11.7 Å². The minimum absolute atomic E-state index is 0.555. The Balaban J connectivity index is 1.59. The fraction of sp³-hybridized carbons (Fsp3) is 0.750. The molecule has 1 aromatic rings. The third-order valence-electron chi connectivity index (χ3n) is 3.03. The fourth-order valence-corrected chi connectivity index (χ4v) is 1.80. The molecule has 0 atom stereocenters. The second-order valence-electron chi connectivity index (χ2n) is 4.78. The van der Waals surface area contributed by atoms with Gasteiger partial charge in [-0.1, -0.05) is 6.42 Å². The van der Waals surface area contributed by atoms with Crippen molar-refractivity contribution in [2.75, 3.05) is 6.54 Å². The zero-order chi connectivity index (χ0) is 13.0. The highest BCUT2D eigenvalue weighted by Crippen LogP contribution is 2.28. The van der Waals surface area contributed by atoms with Gasteiger partial charge in [-0.15, -0.1) is 0 Å². The summed E-state index contributed by atoms with van der Waals surface area (Å²) in [5.41, 5.74) is -0.669. The summed E-state index contributed by atoms with van der Waals surface area (Å²) in [6, 6.07) is 0.727. The molecule has 1 N–H and O–H groups in total. The number of nitrogens with one attached hydrogen (secondary N) is 1. The largest absolute Gasteiger partial charge is 0.419 e. The van der Waals surface area contributed by atoms with Crippen molar-refractivity contribution in [1.82, 2.24) is 15.1 Å². The maximum absolute atomic E-state index is 12.3. The van der Waals surface area contributed by atoms with Gasteiger partial charge in [0.25, 0.3) is 0 Å². The highest BCUT2D eigenvalue weighted by Gasteiger charge is 2.32. The van der Waals surface area contributed by atoms with Gasteiger partial charge in [-0.05, 0) is 32.2 Å². The van der Waals surface area contributed by atoms with E-state index in [1.165, 1.54) is 17.5 Å². The molecule has 6 heteroatoms. The van der Waals surface area contributed by atoms with Crippen LogP contribution in [0.2, 0.25) is 0 Å². The number of halogens is 3. The van der Waals surface area contributed by atoms with Crippen molar-refractivity contribution >= 4 is 0 Å². The van der Waals surface area contributed by atoms with Crippen LogP contribution in [0.3, 0.4) is 0 Å². The summed E-state index contributed by atoms with van der Waals surface area (Å²) >= 11 is 0. The minimum Gasteiger partial charge on any atom is -0.314 e. The minimum atomic E-state index is -4.29. The van der Waals surface area contributed by atoms with Gasteiger partial charge in [-0.2, -0.15) is 18.3 Å². The van der Waals surface area contributed by atoms with Gasteiger partial charge < -0.3 is 5.32 Å². The number of hydrogen-bond donors (Lipinski definition) is 1. The summed E-state index contributed by atoms with van der Waals surface area (Å²) in [6.07, 6.45) is 3.20. The average Bonchev–Trinajstić information content (AvgIpc) is 2.98. The third kappa shape index (κ3) is 4.33. The number of nitrogens with zero attached hydrogens (tertiary/aromatic N) is 2. The van der Waals surface area contributed by atoms with Crippen molar-refractivity contribution in [3.05, 3.63) is 18.0 Å². The summed E-state index contributed by atoms with van der Waals surface area (Å²) in [4.78, 5) is 0. The normalized spacial score (nSPS) is 16.2. The van der Waals surface area contributed by atoms with Crippen molar-refractivity contribution < 1.29 is 13.2 Å². The Morgan fingerprint density at radius 2 is 2.06 bits per heavy atom. The Labute approximate surface area is 104 Å². The van der Waals surface area contributed by atoms with E-state index in [-0.39, 0.29) is 0 Å². The Morgan fingerprint density at radius 1 is 1.28 bits per heavy atom. The maximum Gasteiger partial charge on any atom is 0.419 e. The quantitative estimate of drug-likeness (QED) is 0.765. The number of aryl methyl sites for hydroxylation is 1. The molecule has 2 rings (SSSR count). The molecule has 3 nitrogen and oxygen atoms in total. The lowest BCUT2D eigenvalue weighted by Gasteiger charge is -2.04. The monoisotopic (exact) mass is 261 g/mol. The van der Waals surface area contributed by atoms with Gasteiger partial charge in [0.1, 0.15) is 0 Å². The van der Waals surface area contributed by atoms with Gasteiger partial charge >= 0.3 is 6.18 Å². The molecule has 0 aliphatic heterocycles. The molecule has 0 saturated heterocycles. The lowest BCUT2D eigenvalue weighted by atomic mass is 10.2. The van der Waals surface area contributed by atoms with Crippen molar-refractivity contribution in [2.45, 2.75) is 50.9 Å². The summed E-state index contributed by atoms with van der Waals surface area (Å²) in [5, 5.41) is 7.13. The SMILES string of the molecule is FC(F)(F)c1cnn(CCCCCNC2CC2)c1. The molecule has 0 bridgehead atoms. The second-order valence-corrected chi connectivity index (χ2v) is 4.78. The van der Waals surface area contributed by atoms with Crippen LogP contribution >= 0.6 is 0 Å². The van der Waals surface area contributed by atoms with Crippen LogP contribution in [0.25, 0.3) is 0 Å². The van der Waals surface area contributed by atoms with Gasteiger partial charge in [-0.3, -0.25) is 4.68 Å². The number of alkyl halides is 3. The predicted molar refractivity (Wildman–Crippen MR) is 62.1 cm³/mol. The highest BCUT2D eigenvalue weighted by molar-refractivity contribution is 5.08. The molecule has 102 valence electrons. The number of hydrogen-bond acceptors (Lipinski definition) is 2. The zero-order valence-electron chi connectivity index (χ0n) is 10.2. The molecule has 1 heterocycles. The number of rotatable bonds is 7. The van der Waals surface area contributed by atoms with E-state index >= 15 is 0 Å². The van der Waals surface area contributed by atoms with Crippen LogP contribution in [0.4, 0.5) is 13.2 Å². The summed E-state index contributed by atoms with van der Waals surface area (Å²) in [5.74, 6) is 0. The molecular formula is C12H18F3N3. The van der Waals surface area contributed by atoms with E-state index in [2.05, 4.69) is 10.4 Å². The van der Waals surface area contributed by atoms with Crippen molar-refractivity contribution in [2.24, 2.45) is 0 Å². The van der Waals surface area contributed by atoms with Crippen LogP contribution in [0.5, 0.6) is 0 Å². The van der Waals surface area contributed by atoms with Crippen LogP contribution in [-0.4, -0.2) is 22.4 Å². The molecule has 18 heavy (non-hydrogen) atoms. The van der Waals surface area contributed by atoms with E-state index in [0.717, 1.165) is 44.2 Å². The zero-order valence-corrected chi connectivity index (χ0v) is 10.2. The first-order chi connectivity index (χ1) is 8.55. The Morgan fingerprint density at radius 3 is 2.67 bits per heavy atom. The third-order valence-corrected chi connectivity index (χ3v) is 3.03. The average molecular weight is 261 g/mol. The van der Waals surface area contributed by atoms with E-state index in [0.29, 0.717) is 6.54 Å². The molecule has 0 unspecified atom stereocenters. The van der Waals surface area contributed by atoms with E-state index in [9.17, 15) is 13.2 Å². The Hall–Kier alpha value is -1.04. The van der Waals surface area contributed by atoms with Crippen LogP contribution in [0.1, 0.15) is 37.7 Å². The Bertz CT molecular complexity index is 369. The highest BCUT2D eigenvalue weighted by atomic mass is 19.4. The molecule has 1 saturated carbocycles. The fourth-order valence-electron chi connectivity index (χ4n) is 1.80. The first-order valence-electron chi connectivity index (χ1n) is 6.39. The van der Waals surface area contributed by atoms with Crippen molar-refractivity contribution in [3.63, 3.8) is 0 Å². The second kappa shape index (κ2) is 5.73. The lowest BCUT2D eigenvalue weighted by molar-refractivity contribution is -0.137. The maximum atomic E-state index is 12.3. The first-order valence-corrected chi connectivity index (χ1v) is 6.39. The van der Waals surface area contributed by atoms with E-state index in [1.807, 2.05) is 0 Å². The van der Waals surface area contributed by atoms with Gasteiger partial charge in [-0.25, -0.2) is 0 Å². The summed E-state index contributed by atoms with van der Waals surface area (Å²) < 4.78 is 38.3. The van der Waals surface area contributed by atoms with Crippen LogP contribution in [0, 0.1) is 0 Å². The smallest absolute Gasteiger partial charge is 0.314 e.